The van der Waals surface area contributed by atoms with Crippen LogP contribution in [0.15, 0.2) is 29.3 Å². The van der Waals surface area contributed by atoms with E-state index in [0.29, 0.717) is 25.6 Å². The van der Waals surface area contributed by atoms with E-state index in [1.165, 1.54) is 0 Å². The van der Waals surface area contributed by atoms with Crippen molar-refractivity contribution in [2.24, 2.45) is 4.99 Å². The Kier molecular flexibility index (Phi) is 9.98. The second-order valence-electron chi connectivity index (χ2n) is 6.07. The molecule has 0 aromatic heterocycles. The summed E-state index contributed by atoms with van der Waals surface area (Å²) in [6.07, 6.45) is 2.86. The molecule has 26 heavy (non-hydrogen) atoms. The number of nitrogens with one attached hydrogen (secondary N) is 3. The zero-order chi connectivity index (χ0) is 18.3. The SMILES string of the molecule is CN=C(NCCCNS(C)(=O)=O)NC1CCN(c2cccc(Cl)c2)C1.I. The van der Waals surface area contributed by atoms with Crippen LogP contribution in [0.3, 0.4) is 0 Å². The molecule has 0 bridgehead atoms. The minimum Gasteiger partial charge on any atom is -0.369 e. The Morgan fingerprint density at radius 1 is 1.38 bits per heavy atom. The first-order chi connectivity index (χ1) is 11.9. The standard InChI is InChI=1S/C16H26ClN5O2S.HI/c1-18-16(19-8-4-9-20-25(2,23)24)21-14-7-10-22(12-14)15-6-3-5-13(17)11-15;/h3,5-6,11,14,20H,4,7-10,12H2,1-2H3,(H2,18,19,21);1H. The lowest BCUT2D eigenvalue weighted by atomic mass is 10.2. The molecule has 0 saturated carbocycles. The smallest absolute Gasteiger partial charge is 0.208 e. The molecular formula is C16H27ClIN5O2S. The highest BCUT2D eigenvalue weighted by Gasteiger charge is 2.23. The Morgan fingerprint density at radius 3 is 2.81 bits per heavy atom. The molecule has 1 aliphatic heterocycles. The van der Waals surface area contributed by atoms with Gasteiger partial charge in [0.1, 0.15) is 0 Å². The summed E-state index contributed by atoms with van der Waals surface area (Å²) in [5.41, 5.74) is 1.13. The Morgan fingerprint density at radius 2 is 2.15 bits per heavy atom. The van der Waals surface area contributed by atoms with Gasteiger partial charge in [0, 0.05) is 50.0 Å². The zero-order valence-corrected chi connectivity index (χ0v) is 18.9. The number of hydrogen-bond acceptors (Lipinski definition) is 4. The third-order valence-electron chi connectivity index (χ3n) is 3.94. The second-order valence-corrected chi connectivity index (χ2v) is 8.34. The fraction of sp³-hybridized carbons (Fsp3) is 0.562. The number of aliphatic imine (C=N–C) groups is 1. The molecule has 0 amide bonds. The summed E-state index contributed by atoms with van der Waals surface area (Å²) >= 11 is 6.06. The van der Waals surface area contributed by atoms with Crippen molar-refractivity contribution in [1.29, 1.82) is 0 Å². The predicted octanol–water partition coefficient (Wildman–Crippen LogP) is 1.64. The van der Waals surface area contributed by atoms with Crippen LogP contribution in [0, 0.1) is 0 Å². The molecule has 0 aliphatic carbocycles. The van der Waals surface area contributed by atoms with Gasteiger partial charge < -0.3 is 15.5 Å². The van der Waals surface area contributed by atoms with Crippen LogP contribution in [0.25, 0.3) is 0 Å². The fourth-order valence-electron chi connectivity index (χ4n) is 2.73. The largest absolute Gasteiger partial charge is 0.369 e. The minimum absolute atomic E-state index is 0. The first kappa shape index (κ1) is 23.3. The maximum absolute atomic E-state index is 11.0. The number of sulfonamides is 1. The molecule has 10 heteroatoms. The maximum Gasteiger partial charge on any atom is 0.208 e. The summed E-state index contributed by atoms with van der Waals surface area (Å²) in [6.45, 7) is 2.91. The summed E-state index contributed by atoms with van der Waals surface area (Å²) in [6, 6.07) is 8.19. The van der Waals surface area contributed by atoms with Crippen molar-refractivity contribution >= 4 is 57.2 Å². The van der Waals surface area contributed by atoms with Gasteiger partial charge in [-0.15, -0.1) is 24.0 Å². The third kappa shape index (κ3) is 8.28. The Balaban J connectivity index is 0.00000338. The third-order valence-corrected chi connectivity index (χ3v) is 4.90. The monoisotopic (exact) mass is 515 g/mol. The molecule has 1 atom stereocenters. The van der Waals surface area contributed by atoms with Gasteiger partial charge in [0.05, 0.1) is 6.26 Å². The summed E-state index contributed by atoms with van der Waals surface area (Å²) in [5.74, 6) is 0.734. The zero-order valence-electron chi connectivity index (χ0n) is 15.0. The highest BCUT2D eigenvalue weighted by Crippen LogP contribution is 2.23. The van der Waals surface area contributed by atoms with Crippen LogP contribution in [0.1, 0.15) is 12.8 Å². The summed E-state index contributed by atoms with van der Waals surface area (Å²) in [4.78, 5) is 6.52. The van der Waals surface area contributed by atoms with Crippen molar-refractivity contribution in [1.82, 2.24) is 15.4 Å². The van der Waals surface area contributed by atoms with E-state index in [4.69, 9.17) is 11.6 Å². The van der Waals surface area contributed by atoms with Crippen LogP contribution in [0.4, 0.5) is 5.69 Å². The molecule has 1 aromatic carbocycles. The summed E-state index contributed by atoms with van der Waals surface area (Å²) < 4.78 is 24.5. The first-order valence-electron chi connectivity index (χ1n) is 8.30. The molecule has 1 aliphatic rings. The van der Waals surface area contributed by atoms with Crippen LogP contribution in [-0.2, 0) is 10.0 Å². The summed E-state index contributed by atoms with van der Waals surface area (Å²) in [5, 5.41) is 7.37. The summed E-state index contributed by atoms with van der Waals surface area (Å²) in [7, 11) is -1.39. The lowest BCUT2D eigenvalue weighted by Gasteiger charge is -2.20. The molecule has 0 radical (unpaired) electrons. The van der Waals surface area contributed by atoms with Gasteiger partial charge in [-0.3, -0.25) is 4.99 Å². The van der Waals surface area contributed by atoms with E-state index in [-0.39, 0.29) is 24.0 Å². The van der Waals surface area contributed by atoms with Gasteiger partial charge in [0.2, 0.25) is 10.0 Å². The van der Waals surface area contributed by atoms with Crippen molar-refractivity contribution in [3.05, 3.63) is 29.3 Å². The van der Waals surface area contributed by atoms with Gasteiger partial charge in [0.25, 0.3) is 0 Å². The van der Waals surface area contributed by atoms with Crippen molar-refractivity contribution in [2.45, 2.75) is 18.9 Å². The van der Waals surface area contributed by atoms with E-state index in [1.54, 1.807) is 7.05 Å². The van der Waals surface area contributed by atoms with Gasteiger partial charge in [0.15, 0.2) is 5.96 Å². The molecule has 0 spiro atoms. The van der Waals surface area contributed by atoms with Crippen molar-refractivity contribution in [3.63, 3.8) is 0 Å². The van der Waals surface area contributed by atoms with Crippen LogP contribution >= 0.6 is 35.6 Å². The van der Waals surface area contributed by atoms with Gasteiger partial charge in [-0.25, -0.2) is 13.1 Å². The lowest BCUT2D eigenvalue weighted by Crippen LogP contribution is -2.45. The van der Waals surface area contributed by atoms with E-state index in [1.807, 2.05) is 18.2 Å². The van der Waals surface area contributed by atoms with E-state index >= 15 is 0 Å². The average molecular weight is 516 g/mol. The topological polar surface area (TPSA) is 85.8 Å². The number of guanidine groups is 1. The normalized spacial score (nSPS) is 17.7. The fourth-order valence-corrected chi connectivity index (χ4v) is 3.43. The highest BCUT2D eigenvalue weighted by molar-refractivity contribution is 14.0. The van der Waals surface area contributed by atoms with E-state index in [2.05, 4.69) is 31.3 Å². The Hall–Kier alpha value is -0.780. The van der Waals surface area contributed by atoms with Crippen LogP contribution in [0.2, 0.25) is 5.02 Å². The molecule has 1 saturated heterocycles. The van der Waals surface area contributed by atoms with E-state index in [9.17, 15) is 8.42 Å². The number of nitrogens with zero attached hydrogens (tertiary/aromatic N) is 2. The molecule has 1 heterocycles. The predicted molar refractivity (Wildman–Crippen MR) is 119 cm³/mol. The number of rotatable bonds is 7. The van der Waals surface area contributed by atoms with Crippen LogP contribution < -0.4 is 20.3 Å². The molecule has 2 rings (SSSR count). The molecule has 1 fully saturated rings. The number of benzene rings is 1. The van der Waals surface area contributed by atoms with Crippen molar-refractivity contribution < 1.29 is 8.42 Å². The molecule has 3 N–H and O–H groups in total. The van der Waals surface area contributed by atoms with Gasteiger partial charge in [-0.05, 0) is 31.0 Å². The number of anilines is 1. The number of hydrogen-bond donors (Lipinski definition) is 3. The van der Waals surface area contributed by atoms with E-state index < -0.39 is 10.0 Å². The lowest BCUT2D eigenvalue weighted by molar-refractivity contribution is 0.583. The van der Waals surface area contributed by atoms with Gasteiger partial charge >= 0.3 is 0 Å². The molecule has 1 unspecified atom stereocenters. The molecule has 148 valence electrons. The number of halogens is 2. The van der Waals surface area contributed by atoms with Gasteiger partial charge in [-0.1, -0.05) is 17.7 Å². The molecule has 7 nitrogen and oxygen atoms in total. The average Bonchev–Trinajstić information content (AvgIpc) is 3.01. The van der Waals surface area contributed by atoms with Crippen molar-refractivity contribution in [3.8, 4) is 0 Å². The Bertz CT molecular complexity index is 702. The Labute approximate surface area is 178 Å². The molecular weight excluding hydrogens is 489 g/mol. The highest BCUT2D eigenvalue weighted by atomic mass is 127. The van der Waals surface area contributed by atoms with Crippen LogP contribution in [0.5, 0.6) is 0 Å². The second kappa shape index (κ2) is 11.2. The van der Waals surface area contributed by atoms with E-state index in [0.717, 1.165) is 42.4 Å². The maximum atomic E-state index is 11.0. The van der Waals surface area contributed by atoms with Crippen LogP contribution in [-0.4, -0.2) is 59.9 Å². The molecule has 1 aromatic rings. The minimum atomic E-state index is -3.12. The van der Waals surface area contributed by atoms with Crippen molar-refractivity contribution in [2.75, 3.05) is 44.4 Å². The quantitative estimate of drug-likeness (QED) is 0.223. The first-order valence-corrected chi connectivity index (χ1v) is 10.6. The van der Waals surface area contributed by atoms with Gasteiger partial charge in [-0.2, -0.15) is 0 Å².